The number of thioether (sulfide) groups is 1. The fourth-order valence-corrected chi connectivity index (χ4v) is 3.15. The van der Waals surface area contributed by atoms with Crippen molar-refractivity contribution >= 4 is 51.8 Å². The van der Waals surface area contributed by atoms with Crippen LogP contribution in [0.5, 0.6) is 0 Å². The Bertz CT molecular complexity index is 518. The Morgan fingerprint density at radius 3 is 2.61 bits per heavy atom. The zero-order chi connectivity index (χ0) is 13.3. The van der Waals surface area contributed by atoms with E-state index in [1.807, 2.05) is 0 Å². The zero-order valence-electron chi connectivity index (χ0n) is 9.00. The fourth-order valence-electron chi connectivity index (χ4n) is 1.57. The number of carboxylic acids is 1. The minimum Gasteiger partial charge on any atom is -0.480 e. The molecular formula is C11H8ClNO3S2. The lowest BCUT2D eigenvalue weighted by molar-refractivity contribution is -0.141. The van der Waals surface area contributed by atoms with Crippen LogP contribution < -0.4 is 0 Å². The highest BCUT2D eigenvalue weighted by molar-refractivity contribution is 8.24. The molecule has 1 aliphatic rings. The van der Waals surface area contributed by atoms with E-state index in [0.29, 0.717) is 9.34 Å². The van der Waals surface area contributed by atoms with Gasteiger partial charge in [0.1, 0.15) is 16.1 Å². The standard InChI is InChI=1S/C11H8ClNO3S2/c12-7-3-1-6(2-4-7)9-10(16)13(5-8(14)15)11(17)18-9/h1-4,9H,5H2,(H,14,15). The largest absolute Gasteiger partial charge is 0.480 e. The number of halogens is 1. The number of carboxylic acid groups (broad SMARTS) is 1. The second-order valence-electron chi connectivity index (χ2n) is 3.63. The monoisotopic (exact) mass is 301 g/mol. The molecule has 0 aromatic heterocycles. The van der Waals surface area contributed by atoms with E-state index in [9.17, 15) is 9.59 Å². The van der Waals surface area contributed by atoms with Crippen LogP contribution in [0.15, 0.2) is 24.3 Å². The highest BCUT2D eigenvalue weighted by Gasteiger charge is 2.38. The average molecular weight is 302 g/mol. The van der Waals surface area contributed by atoms with Crippen LogP contribution in [0.3, 0.4) is 0 Å². The maximum atomic E-state index is 12.1. The molecule has 0 spiro atoms. The molecule has 1 N–H and O–H groups in total. The van der Waals surface area contributed by atoms with E-state index in [0.717, 1.165) is 10.5 Å². The number of carbonyl (C=O) groups excluding carboxylic acids is 1. The van der Waals surface area contributed by atoms with E-state index in [-0.39, 0.29) is 5.91 Å². The van der Waals surface area contributed by atoms with Crippen LogP contribution in [0.4, 0.5) is 0 Å². The van der Waals surface area contributed by atoms with E-state index in [4.69, 9.17) is 28.9 Å². The van der Waals surface area contributed by atoms with Crippen LogP contribution in [0, 0.1) is 0 Å². The predicted molar refractivity (Wildman–Crippen MR) is 73.7 cm³/mol. The molecule has 18 heavy (non-hydrogen) atoms. The van der Waals surface area contributed by atoms with Crippen LogP contribution in [-0.2, 0) is 9.59 Å². The molecule has 1 aromatic rings. The van der Waals surface area contributed by atoms with Gasteiger partial charge in [-0.2, -0.15) is 0 Å². The summed E-state index contributed by atoms with van der Waals surface area (Å²) in [6.07, 6.45) is 0. The van der Waals surface area contributed by atoms with Gasteiger partial charge in [0.25, 0.3) is 0 Å². The number of hydrogen-bond donors (Lipinski definition) is 1. The van der Waals surface area contributed by atoms with Crippen molar-refractivity contribution in [2.75, 3.05) is 6.54 Å². The molecule has 2 rings (SSSR count). The third-order valence-electron chi connectivity index (χ3n) is 2.40. The number of nitrogens with zero attached hydrogens (tertiary/aromatic N) is 1. The highest BCUT2D eigenvalue weighted by Crippen LogP contribution is 2.39. The summed E-state index contributed by atoms with van der Waals surface area (Å²) in [5, 5.41) is 8.83. The number of aliphatic carboxylic acids is 1. The predicted octanol–water partition coefficient (Wildman–Crippen LogP) is 2.33. The van der Waals surface area contributed by atoms with Gasteiger partial charge in [0.2, 0.25) is 5.91 Å². The Morgan fingerprint density at radius 1 is 1.44 bits per heavy atom. The van der Waals surface area contributed by atoms with E-state index in [1.54, 1.807) is 24.3 Å². The van der Waals surface area contributed by atoms with E-state index >= 15 is 0 Å². The van der Waals surface area contributed by atoms with Gasteiger partial charge in [-0.25, -0.2) is 0 Å². The molecule has 1 atom stereocenters. The Morgan fingerprint density at radius 2 is 2.06 bits per heavy atom. The molecule has 1 unspecified atom stereocenters. The summed E-state index contributed by atoms with van der Waals surface area (Å²) in [5.74, 6) is -1.38. The number of thiocarbonyl (C=S) groups is 1. The molecule has 1 aliphatic heterocycles. The molecule has 1 aromatic carbocycles. The molecule has 1 heterocycles. The number of carbonyl (C=O) groups is 2. The lowest BCUT2D eigenvalue weighted by atomic mass is 10.1. The summed E-state index contributed by atoms with van der Waals surface area (Å²) < 4.78 is 0.294. The minimum atomic E-state index is -1.08. The summed E-state index contributed by atoms with van der Waals surface area (Å²) in [6, 6.07) is 6.86. The van der Waals surface area contributed by atoms with Crippen LogP contribution in [0.1, 0.15) is 10.8 Å². The molecular weight excluding hydrogens is 294 g/mol. The van der Waals surface area contributed by atoms with Gasteiger partial charge >= 0.3 is 5.97 Å². The second kappa shape index (κ2) is 5.26. The molecule has 1 fully saturated rings. The number of rotatable bonds is 3. The first-order valence-electron chi connectivity index (χ1n) is 4.98. The molecule has 0 aliphatic carbocycles. The quantitative estimate of drug-likeness (QED) is 0.868. The van der Waals surface area contributed by atoms with Gasteiger partial charge < -0.3 is 5.11 Å². The number of benzene rings is 1. The Kier molecular flexibility index (Phi) is 3.89. The minimum absolute atomic E-state index is 0.294. The first-order chi connectivity index (χ1) is 8.49. The number of amides is 1. The SMILES string of the molecule is O=C(O)CN1C(=O)C(c2ccc(Cl)cc2)SC1=S. The summed E-state index contributed by atoms with van der Waals surface area (Å²) in [5.41, 5.74) is 0.768. The van der Waals surface area contributed by atoms with Crippen LogP contribution in [0.25, 0.3) is 0 Å². The van der Waals surface area contributed by atoms with Crippen LogP contribution in [0.2, 0.25) is 5.02 Å². The van der Waals surface area contributed by atoms with Crippen molar-refractivity contribution in [3.05, 3.63) is 34.9 Å². The summed E-state index contributed by atoms with van der Waals surface area (Å²) >= 11 is 12.0. The van der Waals surface area contributed by atoms with Gasteiger partial charge in [-0.05, 0) is 17.7 Å². The first kappa shape index (κ1) is 13.3. The van der Waals surface area contributed by atoms with E-state index in [1.165, 1.54) is 11.8 Å². The van der Waals surface area contributed by atoms with Crippen molar-refractivity contribution in [1.82, 2.24) is 4.90 Å². The summed E-state index contributed by atoms with van der Waals surface area (Å²) in [4.78, 5) is 23.8. The molecule has 7 heteroatoms. The maximum Gasteiger partial charge on any atom is 0.323 e. The molecule has 1 amide bonds. The van der Waals surface area contributed by atoms with Gasteiger partial charge in [0.05, 0.1) is 0 Å². The lowest BCUT2D eigenvalue weighted by Gasteiger charge is -2.12. The summed E-state index contributed by atoms with van der Waals surface area (Å²) in [7, 11) is 0. The normalized spacial score (nSPS) is 19.4. The molecule has 94 valence electrons. The molecule has 0 saturated carbocycles. The van der Waals surface area contributed by atoms with Gasteiger partial charge in [-0.1, -0.05) is 47.7 Å². The first-order valence-corrected chi connectivity index (χ1v) is 6.65. The van der Waals surface area contributed by atoms with Crippen molar-refractivity contribution in [3.8, 4) is 0 Å². The van der Waals surface area contributed by atoms with Gasteiger partial charge in [0.15, 0.2) is 0 Å². The van der Waals surface area contributed by atoms with Gasteiger partial charge in [0, 0.05) is 5.02 Å². The lowest BCUT2D eigenvalue weighted by Crippen LogP contribution is -2.34. The third-order valence-corrected chi connectivity index (χ3v) is 4.29. The van der Waals surface area contributed by atoms with Crippen molar-refractivity contribution in [3.63, 3.8) is 0 Å². The molecule has 4 nitrogen and oxygen atoms in total. The van der Waals surface area contributed by atoms with Crippen molar-refractivity contribution in [2.45, 2.75) is 5.25 Å². The zero-order valence-corrected chi connectivity index (χ0v) is 11.4. The maximum absolute atomic E-state index is 12.1. The Labute approximate surface area is 118 Å². The summed E-state index contributed by atoms with van der Waals surface area (Å²) in [6.45, 7) is -0.394. The topological polar surface area (TPSA) is 57.6 Å². The van der Waals surface area contributed by atoms with Gasteiger partial charge in [-0.3, -0.25) is 14.5 Å². The Hall–Kier alpha value is -1.11. The van der Waals surface area contributed by atoms with Crippen molar-refractivity contribution < 1.29 is 14.7 Å². The average Bonchev–Trinajstić information content (AvgIpc) is 2.58. The van der Waals surface area contributed by atoms with E-state index in [2.05, 4.69) is 0 Å². The highest BCUT2D eigenvalue weighted by atomic mass is 35.5. The van der Waals surface area contributed by atoms with E-state index < -0.39 is 17.8 Å². The third kappa shape index (κ3) is 2.66. The van der Waals surface area contributed by atoms with Crippen LogP contribution in [-0.4, -0.2) is 32.7 Å². The molecule has 0 bridgehead atoms. The van der Waals surface area contributed by atoms with Crippen molar-refractivity contribution in [1.29, 1.82) is 0 Å². The van der Waals surface area contributed by atoms with Crippen LogP contribution >= 0.6 is 35.6 Å². The fraction of sp³-hybridized carbons (Fsp3) is 0.182. The second-order valence-corrected chi connectivity index (χ2v) is 5.81. The number of hydrogen-bond acceptors (Lipinski definition) is 4. The van der Waals surface area contributed by atoms with Gasteiger partial charge in [-0.15, -0.1) is 0 Å². The molecule has 1 saturated heterocycles. The molecule has 0 radical (unpaired) electrons. The smallest absolute Gasteiger partial charge is 0.323 e. The van der Waals surface area contributed by atoms with Crippen molar-refractivity contribution in [2.24, 2.45) is 0 Å². The Balaban J connectivity index is 2.22.